The maximum atomic E-state index is 11.9. The van der Waals surface area contributed by atoms with Gasteiger partial charge in [-0.25, -0.2) is 0 Å². The Bertz CT molecular complexity index is 1310. The van der Waals surface area contributed by atoms with Gasteiger partial charge in [0.1, 0.15) is 24.5 Å². The zero-order chi connectivity index (χ0) is 27.7. The van der Waals surface area contributed by atoms with Crippen LogP contribution in [0.2, 0.25) is 0 Å². The minimum absolute atomic E-state index is 0.242. The van der Waals surface area contributed by atoms with Crippen LogP contribution in [-0.4, -0.2) is 47.1 Å². The Morgan fingerprint density at radius 1 is 0.605 bits per heavy atom. The van der Waals surface area contributed by atoms with Crippen LogP contribution in [0.1, 0.15) is 20.7 Å². The van der Waals surface area contributed by atoms with E-state index in [9.17, 15) is 19.2 Å². The molecule has 0 bridgehead atoms. The van der Waals surface area contributed by atoms with Gasteiger partial charge in [-0.15, -0.1) is 10.2 Å². The average molecular weight is 518 g/mol. The fourth-order valence-electron chi connectivity index (χ4n) is 2.88. The first-order valence-corrected chi connectivity index (χ1v) is 10.8. The van der Waals surface area contributed by atoms with Crippen molar-refractivity contribution in [1.29, 1.82) is 0 Å². The third kappa shape index (κ3) is 7.67. The van der Waals surface area contributed by atoms with Crippen LogP contribution >= 0.6 is 0 Å². The maximum Gasteiger partial charge on any atom is 0.322 e. The predicted molar refractivity (Wildman–Crippen MR) is 136 cm³/mol. The van der Waals surface area contributed by atoms with Crippen molar-refractivity contribution in [1.82, 2.24) is 10.6 Å². The summed E-state index contributed by atoms with van der Waals surface area (Å²) in [5.74, 6) is -3.38. The summed E-state index contributed by atoms with van der Waals surface area (Å²) in [6.45, 7) is -0.985. The number of nitrogens with one attached hydrogen (secondary N) is 2. The lowest BCUT2D eigenvalue weighted by Gasteiger charge is -2.05. The van der Waals surface area contributed by atoms with Crippen LogP contribution in [0, 0.1) is 0 Å². The van der Waals surface area contributed by atoms with E-state index in [4.69, 9.17) is 21.7 Å². The largest absolute Gasteiger partial charge is 0.480 e. The maximum absolute atomic E-state index is 11.9. The van der Waals surface area contributed by atoms with Crippen LogP contribution in [-0.2, 0) is 9.59 Å². The van der Waals surface area contributed by atoms with E-state index >= 15 is 0 Å². The first kappa shape index (κ1) is 26.9. The van der Waals surface area contributed by atoms with Crippen molar-refractivity contribution in [3.63, 3.8) is 0 Å². The summed E-state index contributed by atoms with van der Waals surface area (Å²) in [7, 11) is 0. The van der Waals surface area contributed by atoms with Crippen LogP contribution < -0.4 is 22.1 Å². The van der Waals surface area contributed by atoms with E-state index in [-0.39, 0.29) is 33.9 Å². The number of carboxylic acid groups (broad SMARTS) is 2. The molecule has 0 aliphatic rings. The topological polar surface area (TPSA) is 234 Å². The van der Waals surface area contributed by atoms with Crippen molar-refractivity contribution in [3.8, 4) is 0 Å². The Kier molecular flexibility index (Phi) is 8.75. The van der Waals surface area contributed by atoms with E-state index in [2.05, 4.69) is 31.1 Å². The van der Waals surface area contributed by atoms with Crippen LogP contribution in [0.3, 0.4) is 0 Å². The summed E-state index contributed by atoms with van der Waals surface area (Å²) >= 11 is 0. The summed E-state index contributed by atoms with van der Waals surface area (Å²) in [4.78, 5) is 44.9. The van der Waals surface area contributed by atoms with Gasteiger partial charge < -0.3 is 32.3 Å². The fourth-order valence-corrected chi connectivity index (χ4v) is 2.88. The van der Waals surface area contributed by atoms with Crippen LogP contribution in [0.5, 0.6) is 0 Å². The molecule has 0 fully saturated rings. The molecule has 3 aromatic rings. The number of rotatable bonds is 10. The standard InChI is InChI=1S/C24H22N8O6/c25-17-9-18(26)20(32-30-16-7-3-14(4-8-16)24(38)28-12-22(35)36)10-19(17)31-29-15-5-1-13(2-6-15)23(37)27-11-21(33)34/h1-10H,11-12,25-26H2,(H,27,37)(H,28,38)(H,33,34)(H,35,36). The summed E-state index contributed by atoms with van der Waals surface area (Å²) in [5, 5.41) is 38.2. The molecular formula is C24H22N8O6. The van der Waals surface area contributed by atoms with Gasteiger partial charge in [0.05, 0.1) is 22.7 Å². The second-order valence-corrected chi connectivity index (χ2v) is 7.62. The van der Waals surface area contributed by atoms with Crippen molar-refractivity contribution in [3.05, 3.63) is 71.8 Å². The highest BCUT2D eigenvalue weighted by molar-refractivity contribution is 5.96. The highest BCUT2D eigenvalue weighted by atomic mass is 16.4. The van der Waals surface area contributed by atoms with Crippen molar-refractivity contribution < 1.29 is 29.4 Å². The van der Waals surface area contributed by atoms with Gasteiger partial charge in [-0.05, 0) is 60.7 Å². The third-order valence-corrected chi connectivity index (χ3v) is 4.78. The molecule has 0 aliphatic carbocycles. The Hall–Kier alpha value is -5.66. The van der Waals surface area contributed by atoms with Crippen LogP contribution in [0.25, 0.3) is 0 Å². The van der Waals surface area contributed by atoms with Crippen LogP contribution in [0.4, 0.5) is 34.1 Å². The number of nitrogen functional groups attached to an aromatic ring is 2. The first-order valence-electron chi connectivity index (χ1n) is 10.8. The number of carbonyl (C=O) groups is 4. The molecule has 0 unspecified atom stereocenters. The molecule has 0 atom stereocenters. The number of anilines is 2. The molecule has 3 aromatic carbocycles. The molecule has 0 heterocycles. The monoisotopic (exact) mass is 518 g/mol. The summed E-state index contributed by atoms with van der Waals surface area (Å²) < 4.78 is 0. The number of carboxylic acids is 2. The number of aliphatic carboxylic acids is 2. The molecule has 0 spiro atoms. The van der Waals surface area contributed by atoms with Gasteiger partial charge in [-0.2, -0.15) is 10.2 Å². The molecule has 38 heavy (non-hydrogen) atoms. The van der Waals surface area contributed by atoms with Gasteiger partial charge >= 0.3 is 11.9 Å². The highest BCUT2D eigenvalue weighted by Gasteiger charge is 2.09. The molecule has 0 aliphatic heterocycles. The van der Waals surface area contributed by atoms with Crippen molar-refractivity contribution >= 4 is 57.9 Å². The number of carbonyl (C=O) groups excluding carboxylic acids is 2. The lowest BCUT2D eigenvalue weighted by molar-refractivity contribution is -0.136. The molecule has 0 saturated heterocycles. The Morgan fingerprint density at radius 3 is 1.32 bits per heavy atom. The second kappa shape index (κ2) is 12.3. The number of benzene rings is 3. The van der Waals surface area contributed by atoms with Gasteiger partial charge in [0, 0.05) is 11.1 Å². The van der Waals surface area contributed by atoms with E-state index in [1.807, 2.05) is 0 Å². The molecule has 3 rings (SSSR count). The van der Waals surface area contributed by atoms with Crippen molar-refractivity contribution in [2.75, 3.05) is 24.6 Å². The predicted octanol–water partition coefficient (Wildman–Crippen LogP) is 3.31. The lowest BCUT2D eigenvalue weighted by Crippen LogP contribution is -2.29. The summed E-state index contributed by atoms with van der Waals surface area (Å²) in [5.41, 5.74) is 14.3. The van der Waals surface area contributed by atoms with E-state index in [0.717, 1.165) is 0 Å². The summed E-state index contributed by atoms with van der Waals surface area (Å²) in [6, 6.07) is 14.9. The molecule has 14 nitrogen and oxygen atoms in total. The van der Waals surface area contributed by atoms with Gasteiger partial charge in [0.25, 0.3) is 11.8 Å². The first-order chi connectivity index (χ1) is 18.1. The number of hydrogen-bond acceptors (Lipinski definition) is 10. The minimum atomic E-state index is -1.15. The van der Waals surface area contributed by atoms with Crippen molar-refractivity contribution in [2.45, 2.75) is 0 Å². The van der Waals surface area contributed by atoms with Crippen molar-refractivity contribution in [2.24, 2.45) is 20.5 Å². The van der Waals surface area contributed by atoms with Gasteiger partial charge in [0.2, 0.25) is 0 Å². The van der Waals surface area contributed by atoms with Gasteiger partial charge in [-0.1, -0.05) is 0 Å². The van der Waals surface area contributed by atoms with E-state index in [1.54, 1.807) is 0 Å². The fraction of sp³-hybridized carbons (Fsp3) is 0.0833. The summed E-state index contributed by atoms with van der Waals surface area (Å²) in [6.07, 6.45) is 0. The highest BCUT2D eigenvalue weighted by Crippen LogP contribution is 2.35. The number of azo groups is 2. The molecule has 14 heteroatoms. The molecule has 2 amide bonds. The van der Waals surface area contributed by atoms with E-state index in [1.165, 1.54) is 60.7 Å². The van der Waals surface area contributed by atoms with Crippen LogP contribution in [0.15, 0.2) is 81.1 Å². The third-order valence-electron chi connectivity index (χ3n) is 4.78. The quantitative estimate of drug-likeness (QED) is 0.171. The Labute approximate surface area is 215 Å². The minimum Gasteiger partial charge on any atom is -0.480 e. The molecule has 194 valence electrons. The number of amides is 2. The smallest absolute Gasteiger partial charge is 0.322 e. The van der Waals surface area contributed by atoms with E-state index < -0.39 is 36.8 Å². The molecule has 0 radical (unpaired) electrons. The number of hydrogen-bond donors (Lipinski definition) is 6. The normalized spacial score (nSPS) is 10.9. The number of nitrogens with two attached hydrogens (primary N) is 2. The molecular weight excluding hydrogens is 496 g/mol. The number of nitrogens with zero attached hydrogens (tertiary/aromatic N) is 4. The molecule has 0 saturated carbocycles. The zero-order valence-electron chi connectivity index (χ0n) is 19.7. The molecule has 8 N–H and O–H groups in total. The Morgan fingerprint density at radius 2 is 0.974 bits per heavy atom. The SMILES string of the molecule is Nc1cc(N)c(N=Nc2ccc(C(=O)NCC(=O)O)cc2)cc1N=Nc1ccc(C(=O)NCC(=O)O)cc1. The van der Waals surface area contributed by atoms with Gasteiger partial charge in [-0.3, -0.25) is 19.2 Å². The molecule has 0 aromatic heterocycles. The van der Waals surface area contributed by atoms with E-state index in [0.29, 0.717) is 11.4 Å². The Balaban J connectivity index is 1.70. The average Bonchev–Trinajstić information content (AvgIpc) is 2.89. The van der Waals surface area contributed by atoms with Gasteiger partial charge in [0.15, 0.2) is 0 Å². The lowest BCUT2D eigenvalue weighted by atomic mass is 10.2. The second-order valence-electron chi connectivity index (χ2n) is 7.62. The zero-order valence-corrected chi connectivity index (χ0v) is 19.7.